The molecule has 4 nitrogen and oxygen atoms in total. The predicted molar refractivity (Wildman–Crippen MR) is 62.8 cm³/mol. The van der Waals surface area contributed by atoms with Gasteiger partial charge in [0, 0.05) is 13.2 Å². The van der Waals surface area contributed by atoms with E-state index in [0.717, 1.165) is 6.07 Å². The lowest BCUT2D eigenvalue weighted by Crippen LogP contribution is -2.30. The summed E-state index contributed by atoms with van der Waals surface area (Å²) in [5.74, 6) is -1.22. The van der Waals surface area contributed by atoms with E-state index in [0.29, 0.717) is 0 Å². The van der Waals surface area contributed by atoms with Crippen LogP contribution in [0.5, 0.6) is 0 Å². The van der Waals surface area contributed by atoms with Gasteiger partial charge in [0.1, 0.15) is 4.90 Å². The predicted octanol–water partition coefficient (Wildman–Crippen LogP) is 1.39. The molecule has 1 atom stereocenters. The second-order valence-corrected chi connectivity index (χ2v) is 5.83. The molecular formula is C10H13ClFNO3S. The van der Waals surface area contributed by atoms with Crippen LogP contribution in [0.15, 0.2) is 23.1 Å². The Labute approximate surface area is 104 Å². The fourth-order valence-corrected chi connectivity index (χ4v) is 2.58. The maximum absolute atomic E-state index is 13.5. The van der Waals surface area contributed by atoms with Gasteiger partial charge < -0.3 is 5.11 Å². The third-order valence-corrected chi connectivity index (χ3v) is 3.87. The molecule has 1 rings (SSSR count). The summed E-state index contributed by atoms with van der Waals surface area (Å²) < 4.78 is 39.2. The zero-order valence-electron chi connectivity index (χ0n) is 9.15. The molecule has 0 saturated heterocycles. The standard InChI is InChI=1S/C10H13ClFNO3S/c1-7(6-14)5-13-17(15,16)9-4-2-3-8(11)10(9)12/h2-4,7,13-14H,5-6H2,1H3. The van der Waals surface area contributed by atoms with Crippen LogP contribution in [-0.4, -0.2) is 26.7 Å². The first-order chi connectivity index (χ1) is 7.88. The normalized spacial score (nSPS) is 13.6. The Morgan fingerprint density at radius 2 is 2.18 bits per heavy atom. The van der Waals surface area contributed by atoms with E-state index in [1.54, 1.807) is 6.92 Å². The van der Waals surface area contributed by atoms with E-state index in [2.05, 4.69) is 4.72 Å². The third kappa shape index (κ3) is 3.64. The molecule has 0 heterocycles. The van der Waals surface area contributed by atoms with Gasteiger partial charge in [-0.25, -0.2) is 17.5 Å². The van der Waals surface area contributed by atoms with Gasteiger partial charge in [0.2, 0.25) is 10.0 Å². The average Bonchev–Trinajstić information content (AvgIpc) is 2.29. The van der Waals surface area contributed by atoms with E-state index in [4.69, 9.17) is 16.7 Å². The summed E-state index contributed by atoms with van der Waals surface area (Å²) in [6.07, 6.45) is 0. The molecule has 0 aliphatic carbocycles. The van der Waals surface area contributed by atoms with Crippen molar-refractivity contribution in [3.63, 3.8) is 0 Å². The molecule has 0 aromatic heterocycles. The summed E-state index contributed by atoms with van der Waals surface area (Å²) in [6.45, 7) is 1.54. The molecule has 0 aliphatic heterocycles. The maximum atomic E-state index is 13.5. The van der Waals surface area contributed by atoms with Gasteiger partial charge in [-0.3, -0.25) is 0 Å². The van der Waals surface area contributed by atoms with E-state index < -0.39 is 20.7 Å². The van der Waals surface area contributed by atoms with Crippen molar-refractivity contribution in [1.29, 1.82) is 0 Å². The number of aliphatic hydroxyl groups excluding tert-OH is 1. The van der Waals surface area contributed by atoms with Crippen LogP contribution < -0.4 is 4.72 Å². The SMILES string of the molecule is CC(CO)CNS(=O)(=O)c1cccc(Cl)c1F. The van der Waals surface area contributed by atoms with Crippen molar-refractivity contribution in [2.75, 3.05) is 13.2 Å². The van der Waals surface area contributed by atoms with E-state index in [9.17, 15) is 12.8 Å². The van der Waals surface area contributed by atoms with Crippen LogP contribution >= 0.6 is 11.6 Å². The number of sulfonamides is 1. The number of benzene rings is 1. The van der Waals surface area contributed by atoms with Crippen LogP contribution in [0.4, 0.5) is 4.39 Å². The fourth-order valence-electron chi connectivity index (χ4n) is 1.09. The number of nitrogens with one attached hydrogen (secondary N) is 1. The Bertz CT molecular complexity index is 492. The van der Waals surface area contributed by atoms with E-state index in [1.807, 2.05) is 0 Å². The first-order valence-corrected chi connectivity index (χ1v) is 6.79. The minimum Gasteiger partial charge on any atom is -0.396 e. The highest BCUT2D eigenvalue weighted by atomic mass is 35.5. The van der Waals surface area contributed by atoms with Gasteiger partial charge in [0.05, 0.1) is 5.02 Å². The van der Waals surface area contributed by atoms with Gasteiger partial charge in [-0.05, 0) is 18.1 Å². The molecule has 0 amide bonds. The first kappa shape index (κ1) is 14.4. The smallest absolute Gasteiger partial charge is 0.243 e. The molecule has 0 bridgehead atoms. The summed E-state index contributed by atoms with van der Waals surface area (Å²) in [4.78, 5) is -0.491. The van der Waals surface area contributed by atoms with Crippen molar-refractivity contribution in [1.82, 2.24) is 4.72 Å². The van der Waals surface area contributed by atoms with Crippen molar-refractivity contribution in [2.45, 2.75) is 11.8 Å². The summed E-state index contributed by atoms with van der Waals surface area (Å²) >= 11 is 5.50. The van der Waals surface area contributed by atoms with Crippen LogP contribution in [0.25, 0.3) is 0 Å². The Kier molecular flexibility index (Phi) is 4.88. The Morgan fingerprint density at radius 3 is 2.76 bits per heavy atom. The lowest BCUT2D eigenvalue weighted by Gasteiger charge is -2.11. The molecule has 0 spiro atoms. The highest BCUT2D eigenvalue weighted by Gasteiger charge is 2.20. The van der Waals surface area contributed by atoms with Crippen LogP contribution in [0, 0.1) is 11.7 Å². The number of aliphatic hydroxyl groups is 1. The summed E-state index contributed by atoms with van der Waals surface area (Å²) in [6, 6.07) is 3.76. The van der Waals surface area contributed by atoms with Crippen molar-refractivity contribution in [2.24, 2.45) is 5.92 Å². The monoisotopic (exact) mass is 281 g/mol. The molecule has 0 radical (unpaired) electrons. The lowest BCUT2D eigenvalue weighted by molar-refractivity contribution is 0.238. The second kappa shape index (κ2) is 5.77. The first-order valence-electron chi connectivity index (χ1n) is 4.93. The van der Waals surface area contributed by atoms with Gasteiger partial charge in [-0.1, -0.05) is 24.6 Å². The Hall–Kier alpha value is -0.690. The number of hydrogen-bond donors (Lipinski definition) is 2. The molecule has 7 heteroatoms. The topological polar surface area (TPSA) is 66.4 Å². The highest BCUT2D eigenvalue weighted by Crippen LogP contribution is 2.21. The third-order valence-electron chi connectivity index (χ3n) is 2.14. The minimum atomic E-state index is -3.94. The summed E-state index contributed by atoms with van der Waals surface area (Å²) in [5.41, 5.74) is 0. The quantitative estimate of drug-likeness (QED) is 0.857. The molecular weight excluding hydrogens is 269 g/mol. The zero-order valence-corrected chi connectivity index (χ0v) is 10.7. The molecule has 0 aliphatic rings. The van der Waals surface area contributed by atoms with Crippen molar-refractivity contribution >= 4 is 21.6 Å². The van der Waals surface area contributed by atoms with Gasteiger partial charge >= 0.3 is 0 Å². The lowest BCUT2D eigenvalue weighted by atomic mass is 10.2. The van der Waals surface area contributed by atoms with Crippen LogP contribution in [0.2, 0.25) is 5.02 Å². The molecule has 2 N–H and O–H groups in total. The zero-order chi connectivity index (χ0) is 13.1. The van der Waals surface area contributed by atoms with Crippen molar-refractivity contribution in [3.05, 3.63) is 29.0 Å². The van der Waals surface area contributed by atoms with E-state index in [-0.39, 0.29) is 24.1 Å². The second-order valence-electron chi connectivity index (χ2n) is 3.69. The largest absolute Gasteiger partial charge is 0.396 e. The van der Waals surface area contributed by atoms with Gasteiger partial charge in [0.25, 0.3) is 0 Å². The van der Waals surface area contributed by atoms with Gasteiger partial charge in [0.15, 0.2) is 5.82 Å². The fraction of sp³-hybridized carbons (Fsp3) is 0.400. The molecule has 17 heavy (non-hydrogen) atoms. The van der Waals surface area contributed by atoms with Crippen molar-refractivity contribution in [3.8, 4) is 0 Å². The summed E-state index contributed by atoms with van der Waals surface area (Å²) in [5, 5.41) is 8.52. The van der Waals surface area contributed by atoms with Crippen LogP contribution in [0.1, 0.15) is 6.92 Å². The molecule has 1 aromatic rings. The number of rotatable bonds is 5. The molecule has 1 aromatic carbocycles. The highest BCUT2D eigenvalue weighted by molar-refractivity contribution is 7.89. The Morgan fingerprint density at radius 1 is 1.53 bits per heavy atom. The molecule has 1 unspecified atom stereocenters. The van der Waals surface area contributed by atoms with Gasteiger partial charge in [-0.2, -0.15) is 0 Å². The van der Waals surface area contributed by atoms with E-state index in [1.165, 1.54) is 12.1 Å². The van der Waals surface area contributed by atoms with E-state index >= 15 is 0 Å². The summed E-state index contributed by atoms with van der Waals surface area (Å²) in [7, 11) is -3.94. The van der Waals surface area contributed by atoms with Gasteiger partial charge in [-0.15, -0.1) is 0 Å². The maximum Gasteiger partial charge on any atom is 0.243 e. The van der Waals surface area contributed by atoms with Crippen LogP contribution in [-0.2, 0) is 10.0 Å². The number of halogens is 2. The molecule has 96 valence electrons. The van der Waals surface area contributed by atoms with Crippen LogP contribution in [0.3, 0.4) is 0 Å². The van der Waals surface area contributed by atoms with Crippen molar-refractivity contribution < 1.29 is 17.9 Å². The molecule has 0 saturated carbocycles. The molecule has 0 fully saturated rings. The average molecular weight is 282 g/mol. The Balaban J connectivity index is 2.94. The number of hydrogen-bond acceptors (Lipinski definition) is 3. The minimum absolute atomic E-state index is 0.0325.